The monoisotopic (exact) mass is 843 g/mol. The minimum atomic E-state index is -0.667. The van der Waals surface area contributed by atoms with Crippen LogP contribution in [0.5, 0.6) is 11.5 Å². The van der Waals surface area contributed by atoms with E-state index in [2.05, 4.69) is 5.32 Å². The molecule has 0 aromatic heterocycles. The van der Waals surface area contributed by atoms with Crippen LogP contribution in [0.3, 0.4) is 0 Å². The van der Waals surface area contributed by atoms with E-state index in [0.717, 1.165) is 35.1 Å². The van der Waals surface area contributed by atoms with Crippen LogP contribution < -0.4 is 14.8 Å². The van der Waals surface area contributed by atoms with Crippen molar-refractivity contribution in [3.8, 4) is 11.5 Å². The molecule has 5 rings (SSSR count). The molecule has 1 aliphatic heterocycles. The molecule has 2 aliphatic rings. The van der Waals surface area contributed by atoms with Gasteiger partial charge in [-0.3, -0.25) is 9.59 Å². The number of aryl methyl sites for hydroxylation is 1. The normalized spacial score (nSPS) is 17.2. The number of ether oxygens (including phenoxy) is 4. The largest absolute Gasteiger partial charge is 0.490 e. The molecular weight excluding hydrogens is 789 g/mol. The number of rotatable bonds is 15. The van der Waals surface area contributed by atoms with E-state index in [4.69, 9.17) is 53.8 Å². The van der Waals surface area contributed by atoms with Gasteiger partial charge < -0.3 is 34.1 Å². The van der Waals surface area contributed by atoms with Crippen LogP contribution in [-0.4, -0.2) is 84.4 Å². The van der Waals surface area contributed by atoms with Crippen LogP contribution in [0.25, 0.3) is 0 Å². The van der Waals surface area contributed by atoms with Gasteiger partial charge in [0, 0.05) is 30.7 Å². The summed E-state index contributed by atoms with van der Waals surface area (Å²) >= 11 is 19.4. The van der Waals surface area contributed by atoms with E-state index >= 15 is 0 Å². The molecule has 2 atom stereocenters. The van der Waals surface area contributed by atoms with Crippen LogP contribution in [0.15, 0.2) is 54.6 Å². The summed E-state index contributed by atoms with van der Waals surface area (Å²) in [6.45, 7) is 15.2. The highest BCUT2D eigenvalue weighted by molar-refractivity contribution is 6.37. The summed E-state index contributed by atoms with van der Waals surface area (Å²) in [4.78, 5) is 43.9. The number of likely N-dealkylation sites (tertiary alicyclic amines) is 1. The van der Waals surface area contributed by atoms with Gasteiger partial charge in [-0.05, 0) is 139 Å². The van der Waals surface area contributed by atoms with E-state index in [1.807, 2.05) is 95.8 Å². The second-order valence-electron chi connectivity index (χ2n) is 16.9. The number of benzene rings is 3. The third-order valence-corrected chi connectivity index (χ3v) is 10.6. The SMILES string of the molecule is Cc1cc(Cl)c(OCCOc2ccc([C@H]3CCN(C(=O)OC(C)(C)C)C[C@@H]3C(=O)N(Cc3cc(CCNCC(=O)OC(C)(C)C)ccc3Cl)C3CC3)cc2)c(Cl)c1. The van der Waals surface area contributed by atoms with Crippen LogP contribution in [0.1, 0.15) is 89.0 Å². The van der Waals surface area contributed by atoms with E-state index < -0.39 is 23.2 Å². The minimum Gasteiger partial charge on any atom is -0.490 e. The Morgan fingerprint density at radius 1 is 0.825 bits per heavy atom. The Kier molecular flexibility index (Phi) is 15.1. The van der Waals surface area contributed by atoms with Crippen molar-refractivity contribution >= 4 is 52.8 Å². The second-order valence-corrected chi connectivity index (χ2v) is 18.1. The lowest BCUT2D eigenvalue weighted by Crippen LogP contribution is -2.51. The fourth-order valence-electron chi connectivity index (χ4n) is 6.91. The molecule has 3 aromatic rings. The first-order chi connectivity index (χ1) is 26.9. The quantitative estimate of drug-likeness (QED) is 0.119. The summed E-state index contributed by atoms with van der Waals surface area (Å²) in [6, 6.07) is 17.4. The van der Waals surface area contributed by atoms with Gasteiger partial charge in [0.1, 0.15) is 30.2 Å². The molecule has 0 spiro atoms. The fourth-order valence-corrected chi connectivity index (χ4v) is 7.79. The zero-order valence-electron chi connectivity index (χ0n) is 34.1. The number of nitrogens with zero attached hydrogens (tertiary/aromatic N) is 2. The van der Waals surface area contributed by atoms with Crippen molar-refractivity contribution < 1.29 is 33.3 Å². The molecular formula is C44H56Cl3N3O7. The number of carbonyl (C=O) groups is 3. The highest BCUT2D eigenvalue weighted by Crippen LogP contribution is 2.39. The summed E-state index contributed by atoms with van der Waals surface area (Å²) in [5.74, 6) is 0.128. The van der Waals surface area contributed by atoms with Gasteiger partial charge in [0.05, 0.1) is 22.5 Å². The molecule has 0 bridgehead atoms. The van der Waals surface area contributed by atoms with Gasteiger partial charge in [-0.1, -0.05) is 59.1 Å². The number of carbonyl (C=O) groups excluding carboxylic acids is 3. The van der Waals surface area contributed by atoms with Crippen molar-refractivity contribution in [2.24, 2.45) is 5.92 Å². The predicted octanol–water partition coefficient (Wildman–Crippen LogP) is 9.42. The lowest BCUT2D eigenvalue weighted by atomic mass is 9.79. The summed E-state index contributed by atoms with van der Waals surface area (Å²) in [7, 11) is 0. The molecule has 2 amide bonds. The van der Waals surface area contributed by atoms with Gasteiger partial charge in [-0.15, -0.1) is 0 Å². The van der Waals surface area contributed by atoms with Crippen molar-refractivity contribution in [3.63, 3.8) is 0 Å². The molecule has 2 fully saturated rings. The van der Waals surface area contributed by atoms with Crippen LogP contribution in [-0.2, 0) is 32.0 Å². The average molecular weight is 845 g/mol. The molecule has 1 saturated carbocycles. The lowest BCUT2D eigenvalue weighted by molar-refractivity contribution is -0.153. The maximum Gasteiger partial charge on any atom is 0.410 e. The van der Waals surface area contributed by atoms with E-state index in [9.17, 15) is 14.4 Å². The van der Waals surface area contributed by atoms with Gasteiger partial charge in [0.25, 0.3) is 0 Å². The second kappa shape index (κ2) is 19.4. The van der Waals surface area contributed by atoms with Crippen LogP contribution in [0, 0.1) is 12.8 Å². The standard InChI is InChI=1S/C44H56Cl3N3O7/c1-28-22-37(46)40(38(47)23-28)55-21-20-54-33-13-9-30(10-14-33)34-17-19-49(42(53)57-44(5,6)7)27-35(34)41(52)50(32-11-12-32)26-31-24-29(8-15-36(31)45)16-18-48-25-39(51)56-43(2,3)4/h8-10,13-15,22-24,32,34-35,48H,11-12,16-21,25-27H2,1-7H3/t34-,35+/m1/s1. The van der Waals surface area contributed by atoms with Gasteiger partial charge in [-0.2, -0.15) is 0 Å². The van der Waals surface area contributed by atoms with Crippen LogP contribution in [0.4, 0.5) is 4.79 Å². The Hall–Kier alpha value is -3.70. The Labute approximate surface area is 352 Å². The summed E-state index contributed by atoms with van der Waals surface area (Å²) in [5, 5.41) is 4.64. The first kappa shape index (κ1) is 44.4. The van der Waals surface area contributed by atoms with Crippen LogP contribution in [0.2, 0.25) is 15.1 Å². The Morgan fingerprint density at radius 3 is 2.11 bits per heavy atom. The molecule has 57 heavy (non-hydrogen) atoms. The average Bonchev–Trinajstić information content (AvgIpc) is 3.97. The van der Waals surface area contributed by atoms with Crippen molar-refractivity contribution in [2.45, 2.75) is 104 Å². The minimum absolute atomic E-state index is 0.0119. The number of esters is 1. The maximum absolute atomic E-state index is 14.8. The van der Waals surface area contributed by atoms with Gasteiger partial charge in [-0.25, -0.2) is 4.79 Å². The third-order valence-electron chi connectivity index (χ3n) is 9.63. The molecule has 0 radical (unpaired) electrons. The summed E-state index contributed by atoms with van der Waals surface area (Å²) in [6.07, 6.45) is 2.65. The Bertz CT molecular complexity index is 1850. The highest BCUT2D eigenvalue weighted by Gasteiger charge is 2.43. The predicted molar refractivity (Wildman–Crippen MR) is 225 cm³/mol. The maximum atomic E-state index is 14.8. The zero-order valence-corrected chi connectivity index (χ0v) is 36.4. The molecule has 1 saturated heterocycles. The van der Waals surface area contributed by atoms with E-state index in [1.54, 1.807) is 17.0 Å². The van der Waals surface area contributed by atoms with Crippen molar-refractivity contribution in [2.75, 3.05) is 39.4 Å². The Balaban J connectivity index is 1.28. The van der Waals surface area contributed by atoms with Gasteiger partial charge in [0.2, 0.25) is 5.91 Å². The number of hydrogen-bond acceptors (Lipinski definition) is 8. The zero-order chi connectivity index (χ0) is 41.5. The summed E-state index contributed by atoms with van der Waals surface area (Å²) in [5.41, 5.74) is 2.63. The molecule has 3 aromatic carbocycles. The number of amides is 2. The first-order valence-corrected chi connectivity index (χ1v) is 20.8. The molecule has 10 nitrogen and oxygen atoms in total. The highest BCUT2D eigenvalue weighted by atomic mass is 35.5. The molecule has 310 valence electrons. The van der Waals surface area contributed by atoms with Crippen molar-refractivity contribution in [3.05, 3.63) is 91.9 Å². The molecule has 1 heterocycles. The molecule has 0 unspecified atom stereocenters. The van der Waals surface area contributed by atoms with E-state index in [1.165, 1.54) is 0 Å². The topological polar surface area (TPSA) is 107 Å². The lowest BCUT2D eigenvalue weighted by Gasteiger charge is -2.40. The number of halogens is 3. The number of piperidine rings is 1. The summed E-state index contributed by atoms with van der Waals surface area (Å²) < 4.78 is 22.9. The van der Waals surface area contributed by atoms with Gasteiger partial charge in [0.15, 0.2) is 5.75 Å². The van der Waals surface area contributed by atoms with E-state index in [-0.39, 0.29) is 50.1 Å². The number of nitrogens with one attached hydrogen (secondary N) is 1. The van der Waals surface area contributed by atoms with E-state index in [0.29, 0.717) is 59.0 Å². The Morgan fingerprint density at radius 2 is 1.47 bits per heavy atom. The molecule has 1 N–H and O–H groups in total. The van der Waals surface area contributed by atoms with Crippen molar-refractivity contribution in [1.82, 2.24) is 15.1 Å². The first-order valence-electron chi connectivity index (χ1n) is 19.7. The third kappa shape index (κ3) is 13.4. The van der Waals surface area contributed by atoms with Crippen molar-refractivity contribution in [1.29, 1.82) is 0 Å². The number of hydrogen-bond donors (Lipinski definition) is 1. The van der Waals surface area contributed by atoms with Gasteiger partial charge >= 0.3 is 12.1 Å². The van der Waals surface area contributed by atoms with Crippen LogP contribution >= 0.6 is 34.8 Å². The molecule has 13 heteroatoms. The molecule has 1 aliphatic carbocycles. The fraction of sp³-hybridized carbons (Fsp3) is 0.523. The smallest absolute Gasteiger partial charge is 0.410 e.